The Hall–Kier alpha value is -3.26. The summed E-state index contributed by atoms with van der Waals surface area (Å²) in [7, 11) is 1.49. The molecule has 0 aliphatic rings. The van der Waals surface area contributed by atoms with Crippen molar-refractivity contribution in [3.63, 3.8) is 0 Å². The topological polar surface area (TPSA) is 89.0 Å². The van der Waals surface area contributed by atoms with E-state index >= 15 is 0 Å². The number of amides is 2. The predicted molar refractivity (Wildman–Crippen MR) is 130 cm³/mol. The van der Waals surface area contributed by atoms with E-state index in [4.69, 9.17) is 44.3 Å². The van der Waals surface area contributed by atoms with Gasteiger partial charge in [-0.1, -0.05) is 53.0 Å². The summed E-state index contributed by atoms with van der Waals surface area (Å²) in [6, 6.07) is 16.8. The Kier molecular flexibility index (Phi) is 8.54. The van der Waals surface area contributed by atoms with Crippen LogP contribution in [-0.2, 0) is 16.2 Å². The fourth-order valence-corrected chi connectivity index (χ4v) is 3.35. The van der Waals surface area contributed by atoms with Crippen LogP contribution in [0.1, 0.15) is 11.1 Å². The van der Waals surface area contributed by atoms with Crippen molar-refractivity contribution in [1.29, 1.82) is 0 Å². The molecule has 0 spiro atoms. The van der Waals surface area contributed by atoms with Gasteiger partial charge in [0.25, 0.3) is 0 Å². The van der Waals surface area contributed by atoms with Crippen molar-refractivity contribution >= 4 is 58.5 Å². The first-order chi connectivity index (χ1) is 15.9. The molecule has 170 valence electrons. The molecule has 0 bridgehead atoms. The van der Waals surface area contributed by atoms with Crippen molar-refractivity contribution in [3.8, 4) is 11.5 Å². The molecule has 0 saturated carbocycles. The molecule has 10 heteroatoms. The Balaban J connectivity index is 1.60. The Morgan fingerprint density at radius 2 is 1.61 bits per heavy atom. The summed E-state index contributed by atoms with van der Waals surface area (Å²) in [5.74, 6) is -0.951. The largest absolute Gasteiger partial charge is 0.493 e. The van der Waals surface area contributed by atoms with E-state index in [1.807, 2.05) is 0 Å². The van der Waals surface area contributed by atoms with Crippen LogP contribution in [0.2, 0.25) is 15.1 Å². The molecule has 0 aliphatic heterocycles. The van der Waals surface area contributed by atoms with E-state index in [9.17, 15) is 9.59 Å². The van der Waals surface area contributed by atoms with Crippen LogP contribution in [0.15, 0.2) is 65.8 Å². The third kappa shape index (κ3) is 6.61. The first kappa shape index (κ1) is 24.4. The second kappa shape index (κ2) is 11.6. The molecule has 3 aromatic rings. The summed E-state index contributed by atoms with van der Waals surface area (Å²) in [5, 5.41) is 7.52. The predicted octanol–water partition coefficient (Wildman–Crippen LogP) is 5.32. The van der Waals surface area contributed by atoms with Crippen LogP contribution in [-0.4, -0.2) is 25.1 Å². The van der Waals surface area contributed by atoms with E-state index in [1.54, 1.807) is 60.7 Å². The second-order valence-corrected chi connectivity index (χ2v) is 7.75. The van der Waals surface area contributed by atoms with Gasteiger partial charge in [0.15, 0.2) is 11.5 Å². The zero-order chi connectivity index (χ0) is 23.8. The van der Waals surface area contributed by atoms with E-state index in [0.29, 0.717) is 43.4 Å². The number of ether oxygens (including phenoxy) is 2. The van der Waals surface area contributed by atoms with E-state index in [2.05, 4.69) is 15.8 Å². The molecule has 0 saturated heterocycles. The fraction of sp³-hybridized carbons (Fsp3) is 0.0870. The monoisotopic (exact) mass is 505 g/mol. The van der Waals surface area contributed by atoms with Gasteiger partial charge in [0.2, 0.25) is 0 Å². The van der Waals surface area contributed by atoms with Crippen molar-refractivity contribution in [3.05, 3.63) is 86.9 Å². The lowest BCUT2D eigenvalue weighted by molar-refractivity contribution is -0.136. The van der Waals surface area contributed by atoms with Crippen molar-refractivity contribution in [1.82, 2.24) is 5.43 Å². The van der Waals surface area contributed by atoms with E-state index in [0.717, 1.165) is 0 Å². The summed E-state index contributed by atoms with van der Waals surface area (Å²) in [6.45, 7) is 0.152. The van der Waals surface area contributed by atoms with Gasteiger partial charge in [0.1, 0.15) is 6.61 Å². The Bertz CT molecular complexity index is 1180. The maximum Gasteiger partial charge on any atom is 0.329 e. The first-order valence-electron chi connectivity index (χ1n) is 9.51. The SMILES string of the molecule is COc1cc(/C=N/NC(=O)C(=O)Nc2ccccc2Cl)ccc1OCc1c(Cl)cccc1Cl. The Morgan fingerprint density at radius 3 is 2.30 bits per heavy atom. The average Bonchev–Trinajstić information content (AvgIpc) is 2.80. The van der Waals surface area contributed by atoms with E-state index < -0.39 is 11.8 Å². The molecule has 7 nitrogen and oxygen atoms in total. The number of hydrazone groups is 1. The smallest absolute Gasteiger partial charge is 0.329 e. The maximum atomic E-state index is 12.0. The third-order valence-corrected chi connectivity index (χ3v) is 5.37. The summed E-state index contributed by atoms with van der Waals surface area (Å²) in [6.07, 6.45) is 1.36. The van der Waals surface area contributed by atoms with Crippen molar-refractivity contribution < 1.29 is 19.1 Å². The highest BCUT2D eigenvalue weighted by Gasteiger charge is 2.14. The quantitative estimate of drug-likeness (QED) is 0.258. The zero-order valence-corrected chi connectivity index (χ0v) is 19.5. The van der Waals surface area contributed by atoms with Crippen LogP contribution >= 0.6 is 34.8 Å². The highest BCUT2D eigenvalue weighted by atomic mass is 35.5. The molecule has 0 fully saturated rings. The van der Waals surface area contributed by atoms with Gasteiger partial charge in [-0.3, -0.25) is 9.59 Å². The minimum absolute atomic E-state index is 0.152. The summed E-state index contributed by atoms with van der Waals surface area (Å²) in [4.78, 5) is 23.9. The molecule has 0 aliphatic carbocycles. The summed E-state index contributed by atoms with van der Waals surface area (Å²) < 4.78 is 11.2. The minimum Gasteiger partial charge on any atom is -0.493 e. The number of halogens is 3. The molecular formula is C23H18Cl3N3O4. The van der Waals surface area contributed by atoms with Crippen molar-refractivity contribution in [2.45, 2.75) is 6.61 Å². The van der Waals surface area contributed by atoms with E-state index in [-0.39, 0.29) is 6.61 Å². The van der Waals surface area contributed by atoms with Crippen LogP contribution in [0.25, 0.3) is 0 Å². The van der Waals surface area contributed by atoms with Crippen LogP contribution in [0, 0.1) is 0 Å². The lowest BCUT2D eigenvalue weighted by Crippen LogP contribution is -2.32. The standard InChI is InChI=1S/C23H18Cl3N3O4/c1-32-21-11-14(9-10-20(21)33-13-15-16(24)6-4-7-17(15)25)12-27-29-23(31)22(30)28-19-8-3-2-5-18(19)26/h2-12H,13H2,1H3,(H,28,30)(H,29,31)/b27-12+. The van der Waals surface area contributed by atoms with Gasteiger partial charge >= 0.3 is 11.8 Å². The van der Waals surface area contributed by atoms with Crippen molar-refractivity contribution in [2.24, 2.45) is 5.10 Å². The number of benzene rings is 3. The van der Waals surface area contributed by atoms with Gasteiger partial charge in [0, 0.05) is 15.6 Å². The molecular weight excluding hydrogens is 489 g/mol. The molecule has 2 N–H and O–H groups in total. The average molecular weight is 507 g/mol. The minimum atomic E-state index is -0.949. The number of nitrogens with one attached hydrogen (secondary N) is 2. The van der Waals surface area contributed by atoms with Crippen LogP contribution in [0.3, 0.4) is 0 Å². The number of nitrogens with zero attached hydrogens (tertiary/aromatic N) is 1. The number of methoxy groups -OCH3 is 1. The molecule has 0 unspecified atom stereocenters. The molecule has 0 heterocycles. The maximum absolute atomic E-state index is 12.0. The van der Waals surface area contributed by atoms with Crippen molar-refractivity contribution in [2.75, 3.05) is 12.4 Å². The Morgan fingerprint density at radius 1 is 0.909 bits per heavy atom. The highest BCUT2D eigenvalue weighted by Crippen LogP contribution is 2.31. The van der Waals surface area contributed by atoms with Crippen LogP contribution in [0.5, 0.6) is 11.5 Å². The molecule has 3 aromatic carbocycles. The number of hydrogen-bond donors (Lipinski definition) is 2. The summed E-state index contributed by atoms with van der Waals surface area (Å²) in [5.41, 5.74) is 3.73. The van der Waals surface area contributed by atoms with Crippen LogP contribution in [0.4, 0.5) is 5.69 Å². The molecule has 3 rings (SSSR count). The highest BCUT2D eigenvalue weighted by molar-refractivity contribution is 6.41. The number of carbonyl (C=O) groups excluding carboxylic acids is 2. The molecule has 0 radical (unpaired) electrons. The van der Waals surface area contributed by atoms with Crippen LogP contribution < -0.4 is 20.2 Å². The van der Waals surface area contributed by atoms with Gasteiger partial charge in [0.05, 0.1) is 24.0 Å². The number of rotatable bonds is 7. The normalized spacial score (nSPS) is 10.7. The third-order valence-electron chi connectivity index (χ3n) is 4.33. The second-order valence-electron chi connectivity index (χ2n) is 6.53. The van der Waals surface area contributed by atoms with Gasteiger partial charge in [-0.15, -0.1) is 0 Å². The number of anilines is 1. The fourth-order valence-electron chi connectivity index (χ4n) is 2.66. The number of para-hydroxylation sites is 1. The molecule has 0 aromatic heterocycles. The molecule has 2 amide bonds. The van der Waals surface area contributed by atoms with E-state index in [1.165, 1.54) is 13.3 Å². The number of hydrogen-bond acceptors (Lipinski definition) is 5. The lowest BCUT2D eigenvalue weighted by Gasteiger charge is -2.13. The van der Waals surface area contributed by atoms with Gasteiger partial charge in [-0.05, 0) is 48.0 Å². The molecule has 33 heavy (non-hydrogen) atoms. The number of carbonyl (C=O) groups is 2. The molecule has 0 atom stereocenters. The lowest BCUT2D eigenvalue weighted by atomic mass is 10.2. The zero-order valence-electron chi connectivity index (χ0n) is 17.3. The Labute approximate surface area is 205 Å². The first-order valence-corrected chi connectivity index (χ1v) is 10.6. The van der Waals surface area contributed by atoms with Gasteiger partial charge in [-0.25, -0.2) is 5.43 Å². The van der Waals surface area contributed by atoms with Gasteiger partial charge < -0.3 is 14.8 Å². The summed E-state index contributed by atoms with van der Waals surface area (Å²) >= 11 is 18.3. The van der Waals surface area contributed by atoms with Gasteiger partial charge in [-0.2, -0.15) is 5.10 Å².